The maximum atomic E-state index is 9.06. The van der Waals surface area contributed by atoms with Crippen LogP contribution in [0.15, 0.2) is 72.8 Å². The van der Waals surface area contributed by atoms with Crippen LogP contribution in [0.25, 0.3) is 11.1 Å². The van der Waals surface area contributed by atoms with Crippen LogP contribution < -0.4 is 14.2 Å². The van der Waals surface area contributed by atoms with E-state index < -0.39 is 0 Å². The first kappa shape index (κ1) is 31.6. The predicted octanol–water partition coefficient (Wildman–Crippen LogP) is 8.21. The number of hydrogen-bond acceptors (Lipinski definition) is 5. The molecule has 5 heteroatoms. The lowest BCUT2D eigenvalue weighted by molar-refractivity contribution is 0.104. The number of aliphatic hydroxyl groups is 1. The van der Waals surface area contributed by atoms with Crippen molar-refractivity contribution in [2.45, 2.75) is 66.7 Å². The van der Waals surface area contributed by atoms with Gasteiger partial charge < -0.3 is 19.3 Å². The minimum atomic E-state index is 0.249. The van der Waals surface area contributed by atoms with E-state index in [1.807, 2.05) is 6.07 Å². The third kappa shape index (κ3) is 7.64. The lowest BCUT2D eigenvalue weighted by atomic mass is 9.92. The van der Waals surface area contributed by atoms with Gasteiger partial charge in [-0.05, 0) is 103 Å². The third-order valence-corrected chi connectivity index (χ3v) is 8.86. The lowest BCUT2D eigenvalue weighted by Gasteiger charge is -2.37. The van der Waals surface area contributed by atoms with Gasteiger partial charge in [0.25, 0.3) is 0 Å². The molecule has 1 heterocycles. The summed E-state index contributed by atoms with van der Waals surface area (Å²) in [6, 6.07) is 25.5. The van der Waals surface area contributed by atoms with Crippen molar-refractivity contribution in [2.75, 3.05) is 26.8 Å². The summed E-state index contributed by atoms with van der Waals surface area (Å²) in [6.45, 7) is 13.2. The summed E-state index contributed by atoms with van der Waals surface area (Å²) in [5.41, 5.74) is 10.8. The minimum absolute atomic E-state index is 0.249. The van der Waals surface area contributed by atoms with Crippen LogP contribution in [-0.4, -0.2) is 36.8 Å². The largest absolute Gasteiger partial charge is 0.496 e. The summed E-state index contributed by atoms with van der Waals surface area (Å²) >= 11 is 0. The Hall–Kier alpha value is -3.80. The van der Waals surface area contributed by atoms with E-state index in [9.17, 15) is 0 Å². The zero-order valence-corrected chi connectivity index (χ0v) is 27.0. The number of benzene rings is 4. The zero-order chi connectivity index (χ0) is 31.1. The molecule has 5 rings (SSSR count). The second-order valence-electron chi connectivity index (χ2n) is 12.3. The predicted molar refractivity (Wildman–Crippen MR) is 179 cm³/mol. The van der Waals surface area contributed by atoms with Crippen LogP contribution in [0.1, 0.15) is 58.7 Å². The Morgan fingerprint density at radius 3 is 2.05 bits per heavy atom. The van der Waals surface area contributed by atoms with Crippen molar-refractivity contribution in [3.63, 3.8) is 0 Å². The zero-order valence-electron chi connectivity index (χ0n) is 27.0. The number of hydrogen-bond donors (Lipinski definition) is 1. The summed E-state index contributed by atoms with van der Waals surface area (Å²) in [6.07, 6.45) is 2.81. The quantitative estimate of drug-likeness (QED) is 0.149. The Kier molecular flexibility index (Phi) is 10.6. The van der Waals surface area contributed by atoms with Crippen LogP contribution in [0.4, 0.5) is 0 Å². The van der Waals surface area contributed by atoms with Crippen molar-refractivity contribution in [1.29, 1.82) is 0 Å². The molecule has 4 aromatic rings. The van der Waals surface area contributed by atoms with Gasteiger partial charge in [0.1, 0.15) is 30.5 Å². The Labute approximate surface area is 263 Å². The first-order valence-electron chi connectivity index (χ1n) is 15.9. The highest BCUT2D eigenvalue weighted by molar-refractivity contribution is 5.72. The number of aliphatic hydroxyl groups excluding tert-OH is 1. The Balaban J connectivity index is 1.25. The standard InChI is InChI=1S/C39H47NO4/c1-27-22-40(23-27)24-32-16-17-35(21-39(32)42-5)43-25-33-11-8-13-36(29(33)3)37-14-9-12-34(30(37)4)26-44-38-18-15-31(20-28(38)2)10-6-7-19-41/h8-9,11-18,20-21,27,41H,6-7,10,19,22-26H2,1-5H3. The van der Waals surface area contributed by atoms with Crippen molar-refractivity contribution < 1.29 is 19.3 Å². The average Bonchev–Trinajstić information content (AvgIpc) is 3.01. The molecule has 44 heavy (non-hydrogen) atoms. The third-order valence-electron chi connectivity index (χ3n) is 8.86. The van der Waals surface area contributed by atoms with Gasteiger partial charge in [0.15, 0.2) is 0 Å². The summed E-state index contributed by atoms with van der Waals surface area (Å²) < 4.78 is 18.3. The normalized spacial score (nSPS) is 13.5. The summed E-state index contributed by atoms with van der Waals surface area (Å²) in [7, 11) is 1.73. The van der Waals surface area contributed by atoms with Gasteiger partial charge in [-0.25, -0.2) is 0 Å². The highest BCUT2D eigenvalue weighted by Gasteiger charge is 2.23. The van der Waals surface area contributed by atoms with Crippen LogP contribution in [-0.2, 0) is 26.2 Å². The number of methoxy groups -OCH3 is 1. The monoisotopic (exact) mass is 593 g/mol. The number of ether oxygens (including phenoxy) is 3. The summed E-state index contributed by atoms with van der Waals surface area (Å²) in [5, 5.41) is 9.06. The molecule has 0 bridgehead atoms. The number of rotatable bonds is 14. The molecule has 1 fully saturated rings. The fraction of sp³-hybridized carbons (Fsp3) is 0.385. The van der Waals surface area contributed by atoms with Crippen molar-refractivity contribution >= 4 is 0 Å². The summed E-state index contributed by atoms with van der Waals surface area (Å²) in [4.78, 5) is 2.45. The van der Waals surface area contributed by atoms with Crippen LogP contribution in [0, 0.1) is 26.7 Å². The molecule has 5 nitrogen and oxygen atoms in total. The molecule has 1 saturated heterocycles. The average molecular weight is 594 g/mol. The summed E-state index contributed by atoms with van der Waals surface area (Å²) in [5.74, 6) is 3.39. The highest BCUT2D eigenvalue weighted by Crippen LogP contribution is 2.33. The van der Waals surface area contributed by atoms with Gasteiger partial charge in [0.05, 0.1) is 7.11 Å². The SMILES string of the molecule is COc1cc(OCc2cccc(-c3cccc(COc4ccc(CCCCO)cc4C)c3C)c2C)ccc1CN1CC(C)C1. The molecule has 4 aromatic carbocycles. The van der Waals surface area contributed by atoms with Crippen molar-refractivity contribution in [1.82, 2.24) is 4.90 Å². The maximum Gasteiger partial charge on any atom is 0.127 e. The van der Waals surface area contributed by atoms with Gasteiger partial charge >= 0.3 is 0 Å². The molecular formula is C39H47NO4. The first-order chi connectivity index (χ1) is 21.4. The lowest BCUT2D eigenvalue weighted by Crippen LogP contribution is -2.44. The van der Waals surface area contributed by atoms with Gasteiger partial charge in [-0.15, -0.1) is 0 Å². The number of aryl methyl sites for hydroxylation is 2. The van der Waals surface area contributed by atoms with Crippen LogP contribution in [0.3, 0.4) is 0 Å². The molecule has 0 aliphatic carbocycles. The van der Waals surface area contributed by atoms with Crippen LogP contribution in [0.5, 0.6) is 17.2 Å². The first-order valence-corrected chi connectivity index (χ1v) is 15.9. The van der Waals surface area contributed by atoms with Gasteiger partial charge in [-0.1, -0.05) is 61.5 Å². The number of unbranched alkanes of at least 4 members (excludes halogenated alkanes) is 1. The van der Waals surface area contributed by atoms with Gasteiger partial charge in [-0.2, -0.15) is 0 Å². The van der Waals surface area contributed by atoms with Crippen LogP contribution in [0.2, 0.25) is 0 Å². The minimum Gasteiger partial charge on any atom is -0.496 e. The van der Waals surface area contributed by atoms with Crippen molar-refractivity contribution in [3.05, 3.63) is 112 Å². The molecule has 0 unspecified atom stereocenters. The maximum absolute atomic E-state index is 9.06. The van der Waals surface area contributed by atoms with E-state index >= 15 is 0 Å². The molecule has 0 saturated carbocycles. The Morgan fingerprint density at radius 1 is 0.750 bits per heavy atom. The van der Waals surface area contributed by atoms with E-state index in [0.717, 1.165) is 73.2 Å². The van der Waals surface area contributed by atoms with E-state index in [4.69, 9.17) is 19.3 Å². The van der Waals surface area contributed by atoms with E-state index in [-0.39, 0.29) is 6.61 Å². The Morgan fingerprint density at radius 2 is 1.43 bits per heavy atom. The molecule has 1 aliphatic heterocycles. The molecule has 0 aromatic heterocycles. The Bertz CT molecular complexity index is 1560. The van der Waals surface area contributed by atoms with E-state index in [2.05, 4.69) is 99.3 Å². The van der Waals surface area contributed by atoms with Gasteiger partial charge in [0, 0.05) is 37.9 Å². The van der Waals surface area contributed by atoms with E-state index in [1.54, 1.807) is 7.11 Å². The number of likely N-dealkylation sites (tertiary alicyclic amines) is 1. The molecule has 1 N–H and O–H groups in total. The van der Waals surface area contributed by atoms with Crippen molar-refractivity contribution in [2.24, 2.45) is 5.92 Å². The second-order valence-corrected chi connectivity index (χ2v) is 12.3. The van der Waals surface area contributed by atoms with Crippen LogP contribution >= 0.6 is 0 Å². The fourth-order valence-electron chi connectivity index (χ4n) is 6.19. The van der Waals surface area contributed by atoms with Crippen molar-refractivity contribution in [3.8, 4) is 28.4 Å². The molecule has 0 spiro atoms. The molecule has 0 atom stereocenters. The highest BCUT2D eigenvalue weighted by atomic mass is 16.5. The smallest absolute Gasteiger partial charge is 0.127 e. The topological polar surface area (TPSA) is 51.2 Å². The molecule has 0 radical (unpaired) electrons. The molecule has 232 valence electrons. The second kappa shape index (κ2) is 14.8. The number of nitrogens with zero attached hydrogens (tertiary/aromatic N) is 1. The van der Waals surface area contributed by atoms with Gasteiger partial charge in [-0.3, -0.25) is 4.90 Å². The molecule has 0 amide bonds. The van der Waals surface area contributed by atoms with E-state index in [0.29, 0.717) is 13.2 Å². The molecule has 1 aliphatic rings. The van der Waals surface area contributed by atoms with Gasteiger partial charge in [0.2, 0.25) is 0 Å². The fourth-order valence-corrected chi connectivity index (χ4v) is 6.19. The van der Waals surface area contributed by atoms with E-state index in [1.165, 1.54) is 38.9 Å². The molecular weight excluding hydrogens is 546 g/mol.